The highest BCUT2D eigenvalue weighted by molar-refractivity contribution is 5.68. The first-order chi connectivity index (χ1) is 9.35. The number of hydrogen-bond acceptors (Lipinski definition) is 4. The Balaban J connectivity index is 1.85. The summed E-state index contributed by atoms with van der Waals surface area (Å²) in [4.78, 5) is 18.6. The molecule has 20 heavy (non-hydrogen) atoms. The van der Waals surface area contributed by atoms with Crippen LogP contribution in [-0.2, 0) is 4.74 Å². The van der Waals surface area contributed by atoms with Crippen molar-refractivity contribution in [3.05, 3.63) is 11.8 Å². The lowest BCUT2D eigenvalue weighted by Gasteiger charge is -2.38. The Kier molecular flexibility index (Phi) is 4.58. The van der Waals surface area contributed by atoms with Gasteiger partial charge in [0.2, 0.25) is 0 Å². The highest BCUT2D eigenvalue weighted by Crippen LogP contribution is 2.19. The van der Waals surface area contributed by atoms with Crippen LogP contribution in [0.2, 0.25) is 0 Å². The third-order valence-corrected chi connectivity index (χ3v) is 3.75. The van der Waals surface area contributed by atoms with Crippen molar-refractivity contribution in [2.45, 2.75) is 32.8 Å². The Morgan fingerprint density at radius 3 is 2.30 bits per heavy atom. The molecule has 0 radical (unpaired) electrons. The lowest BCUT2D eigenvalue weighted by molar-refractivity contribution is 0.0257. The number of amides is 1. The molecule has 0 unspecified atom stereocenters. The fraction of sp³-hybridized carbons (Fsp3) is 0.800. The number of carbonyl (C=O) groups excluding carboxylic acids is 1. The molecule has 2 aliphatic rings. The molecule has 2 rings (SSSR count). The van der Waals surface area contributed by atoms with E-state index in [1.165, 1.54) is 5.70 Å². The molecule has 0 aromatic rings. The normalized spacial score (nSPS) is 21.7. The molecule has 0 atom stereocenters. The quantitative estimate of drug-likeness (QED) is 0.734. The highest BCUT2D eigenvalue weighted by Gasteiger charge is 2.25. The van der Waals surface area contributed by atoms with Crippen molar-refractivity contribution in [3.63, 3.8) is 0 Å². The molecule has 0 saturated carbocycles. The van der Waals surface area contributed by atoms with Gasteiger partial charge in [-0.3, -0.25) is 0 Å². The molecule has 1 fully saturated rings. The largest absolute Gasteiger partial charge is 0.444 e. The fourth-order valence-electron chi connectivity index (χ4n) is 2.53. The van der Waals surface area contributed by atoms with Gasteiger partial charge >= 0.3 is 6.09 Å². The van der Waals surface area contributed by atoms with Gasteiger partial charge in [0.1, 0.15) is 5.60 Å². The van der Waals surface area contributed by atoms with E-state index in [2.05, 4.69) is 22.9 Å². The van der Waals surface area contributed by atoms with Crippen LogP contribution in [0.25, 0.3) is 0 Å². The second-order valence-corrected chi connectivity index (χ2v) is 6.66. The minimum Gasteiger partial charge on any atom is -0.444 e. The smallest absolute Gasteiger partial charge is 0.410 e. The summed E-state index contributed by atoms with van der Waals surface area (Å²) >= 11 is 0. The number of hydrogen-bond donors (Lipinski definition) is 0. The summed E-state index contributed by atoms with van der Waals surface area (Å²) in [6.07, 6.45) is 2.91. The third-order valence-electron chi connectivity index (χ3n) is 3.75. The van der Waals surface area contributed by atoms with Gasteiger partial charge in [0.25, 0.3) is 0 Å². The Bertz CT molecular complexity index is 379. The van der Waals surface area contributed by atoms with E-state index in [0.717, 1.165) is 39.1 Å². The van der Waals surface area contributed by atoms with E-state index in [1.54, 1.807) is 4.90 Å². The van der Waals surface area contributed by atoms with Gasteiger partial charge in [-0.15, -0.1) is 0 Å². The Labute approximate surface area is 122 Å². The summed E-state index contributed by atoms with van der Waals surface area (Å²) in [7, 11) is 2.16. The van der Waals surface area contributed by atoms with E-state index in [1.807, 2.05) is 20.8 Å². The van der Waals surface area contributed by atoms with Crippen LogP contribution in [0.3, 0.4) is 0 Å². The molecule has 5 nitrogen and oxygen atoms in total. The van der Waals surface area contributed by atoms with Gasteiger partial charge in [-0.25, -0.2) is 4.79 Å². The first kappa shape index (κ1) is 15.2. The first-order valence-corrected chi connectivity index (χ1v) is 7.45. The molecule has 0 aromatic carbocycles. The minimum atomic E-state index is -0.418. The summed E-state index contributed by atoms with van der Waals surface area (Å²) in [5, 5.41) is 0. The summed E-state index contributed by atoms with van der Waals surface area (Å²) in [5.41, 5.74) is 0.969. The maximum atomic E-state index is 12.0. The minimum absolute atomic E-state index is 0.203. The van der Waals surface area contributed by atoms with Crippen LogP contribution in [0, 0.1) is 0 Å². The fourth-order valence-corrected chi connectivity index (χ4v) is 2.53. The molecule has 0 bridgehead atoms. The van der Waals surface area contributed by atoms with Gasteiger partial charge in [-0.05, 0) is 33.9 Å². The lowest BCUT2D eigenvalue weighted by atomic mass is 10.1. The first-order valence-electron chi connectivity index (χ1n) is 7.45. The van der Waals surface area contributed by atoms with Gasteiger partial charge in [0.05, 0.1) is 0 Å². The van der Waals surface area contributed by atoms with Crippen molar-refractivity contribution < 1.29 is 9.53 Å². The standard InChI is InChI=1S/C15H27N3O2/c1-15(2,3)20-14(19)18-7-5-13(6-8-18)17-11-9-16(4)10-12-17/h5H,6-12H2,1-4H3. The number of piperazine rings is 1. The molecule has 1 amide bonds. The Hall–Kier alpha value is -1.23. The summed E-state index contributed by atoms with van der Waals surface area (Å²) < 4.78 is 5.41. The topological polar surface area (TPSA) is 36.0 Å². The van der Waals surface area contributed by atoms with Gasteiger partial charge in [-0.2, -0.15) is 0 Å². The maximum absolute atomic E-state index is 12.0. The number of carbonyl (C=O) groups is 1. The van der Waals surface area contributed by atoms with Crippen molar-refractivity contribution in [2.75, 3.05) is 46.3 Å². The SMILES string of the molecule is CN1CCN(C2=CCN(C(=O)OC(C)(C)C)CC2)CC1. The third kappa shape index (κ3) is 4.13. The summed E-state index contributed by atoms with van der Waals surface area (Å²) in [6.45, 7) is 11.6. The molecule has 0 N–H and O–H groups in total. The number of rotatable bonds is 1. The number of nitrogens with zero attached hydrogens (tertiary/aromatic N) is 3. The predicted molar refractivity (Wildman–Crippen MR) is 79.6 cm³/mol. The average Bonchev–Trinajstić information content (AvgIpc) is 2.38. The lowest BCUT2D eigenvalue weighted by Crippen LogP contribution is -2.46. The van der Waals surface area contributed by atoms with E-state index in [9.17, 15) is 4.79 Å². The van der Waals surface area contributed by atoms with Gasteiger partial charge in [0, 0.05) is 51.4 Å². The molecule has 2 heterocycles. The zero-order chi connectivity index (χ0) is 14.8. The van der Waals surface area contributed by atoms with Crippen molar-refractivity contribution in [1.29, 1.82) is 0 Å². The highest BCUT2D eigenvalue weighted by atomic mass is 16.6. The van der Waals surface area contributed by atoms with Crippen molar-refractivity contribution >= 4 is 6.09 Å². The zero-order valence-corrected chi connectivity index (χ0v) is 13.2. The molecule has 2 aliphatic heterocycles. The Morgan fingerprint density at radius 1 is 1.15 bits per heavy atom. The van der Waals surface area contributed by atoms with Crippen LogP contribution in [0.15, 0.2) is 11.8 Å². The van der Waals surface area contributed by atoms with Crippen LogP contribution in [0.1, 0.15) is 27.2 Å². The number of ether oxygens (including phenoxy) is 1. The van der Waals surface area contributed by atoms with E-state index in [-0.39, 0.29) is 6.09 Å². The van der Waals surface area contributed by atoms with E-state index >= 15 is 0 Å². The molecular weight excluding hydrogens is 254 g/mol. The molecule has 5 heteroatoms. The second-order valence-electron chi connectivity index (χ2n) is 6.66. The zero-order valence-electron chi connectivity index (χ0n) is 13.2. The summed E-state index contributed by atoms with van der Waals surface area (Å²) in [6, 6.07) is 0. The Morgan fingerprint density at radius 2 is 1.80 bits per heavy atom. The van der Waals surface area contributed by atoms with Crippen LogP contribution < -0.4 is 0 Å². The molecule has 0 aromatic heterocycles. The molecule has 0 aliphatic carbocycles. The summed E-state index contributed by atoms with van der Waals surface area (Å²) in [5.74, 6) is 0. The molecular formula is C15H27N3O2. The van der Waals surface area contributed by atoms with E-state index < -0.39 is 5.60 Å². The second kappa shape index (κ2) is 6.04. The average molecular weight is 281 g/mol. The van der Waals surface area contributed by atoms with E-state index in [4.69, 9.17) is 4.74 Å². The van der Waals surface area contributed by atoms with Crippen molar-refractivity contribution in [2.24, 2.45) is 0 Å². The van der Waals surface area contributed by atoms with Crippen LogP contribution in [0.4, 0.5) is 4.79 Å². The monoisotopic (exact) mass is 281 g/mol. The van der Waals surface area contributed by atoms with Crippen LogP contribution in [0.5, 0.6) is 0 Å². The molecule has 0 spiro atoms. The maximum Gasteiger partial charge on any atom is 0.410 e. The van der Waals surface area contributed by atoms with Gasteiger partial charge < -0.3 is 19.4 Å². The van der Waals surface area contributed by atoms with Gasteiger partial charge in [-0.1, -0.05) is 0 Å². The van der Waals surface area contributed by atoms with E-state index in [0.29, 0.717) is 6.54 Å². The van der Waals surface area contributed by atoms with Crippen molar-refractivity contribution in [3.8, 4) is 0 Å². The molecule has 114 valence electrons. The van der Waals surface area contributed by atoms with Crippen LogP contribution >= 0.6 is 0 Å². The van der Waals surface area contributed by atoms with Gasteiger partial charge in [0.15, 0.2) is 0 Å². The molecule has 1 saturated heterocycles. The predicted octanol–water partition coefficient (Wildman–Crippen LogP) is 1.76. The van der Waals surface area contributed by atoms with Crippen LogP contribution in [-0.4, -0.2) is 72.7 Å². The number of likely N-dealkylation sites (N-methyl/N-ethyl adjacent to an activating group) is 1. The van der Waals surface area contributed by atoms with Crippen molar-refractivity contribution in [1.82, 2.24) is 14.7 Å².